The summed E-state index contributed by atoms with van der Waals surface area (Å²) in [4.78, 5) is 0. The van der Waals surface area contributed by atoms with Gasteiger partial charge in [-0.1, -0.05) is 0 Å². The van der Waals surface area contributed by atoms with Gasteiger partial charge >= 0.3 is 444 Å². The summed E-state index contributed by atoms with van der Waals surface area (Å²) in [5.74, 6) is 0. The molecule has 2 aliphatic rings. The molecule has 0 aliphatic heterocycles. The predicted octanol–water partition coefficient (Wildman–Crippen LogP) is 20.6. The minimum atomic E-state index is -4.32. The predicted molar refractivity (Wildman–Crippen MR) is 319 cm³/mol. The van der Waals surface area contributed by atoms with Crippen molar-refractivity contribution in [2.75, 3.05) is 0 Å². The second-order valence-electron chi connectivity index (χ2n) is 27.4. The SMILES string of the molecule is CCCCCC1=Cc2c(-c3ccc(C(C)(C)C)cc3)ccc(-c3ccc(C(C)(C)C)cc3)c2[CH]1[Zr]([CH3])([CH3])(=[SiH2])[CH]1C(CCCCC)=Cc2c(-c3ccc(C(C)(C)C)cc3)ccc(-c3ccc(C(C)(C)C)cc3)c21. The summed E-state index contributed by atoms with van der Waals surface area (Å²) in [6.45, 7) is 35.3. The summed E-state index contributed by atoms with van der Waals surface area (Å²) in [5, 5.41) is 0. The standard InChI is InChI=1S/2C34H41.2CH3.H2Si.Zr/c2*1-8-9-10-11-24-22-31-29(25-12-16-27(17-13-25)33(2,3)4)20-21-30(32(31)23-24)26-14-18-28(19-15-26)34(5,6)7;;;;/h2*12-23H,8-11H2,1-7H3;2*1H3;1H2;. The summed E-state index contributed by atoms with van der Waals surface area (Å²) in [6.07, 6.45) is 15.2. The van der Waals surface area contributed by atoms with E-state index >= 15 is 0 Å². The van der Waals surface area contributed by atoms with E-state index in [0.717, 1.165) is 12.8 Å². The number of rotatable bonds is 14. The molecule has 0 amide bonds. The molecule has 0 aromatic heterocycles. The number of benzene rings is 6. The molecule has 2 heteroatoms. The van der Waals surface area contributed by atoms with Crippen molar-refractivity contribution in [3.05, 3.63) is 177 Å². The van der Waals surface area contributed by atoms with Gasteiger partial charge in [0.25, 0.3) is 0 Å². The first-order valence-corrected chi connectivity index (χ1v) is 41.6. The topological polar surface area (TPSA) is 0 Å². The van der Waals surface area contributed by atoms with E-state index in [1.807, 2.05) is 0 Å². The number of unbranched alkanes of at least 4 members (excludes halogenated alkanes) is 4. The van der Waals surface area contributed by atoms with Crippen LogP contribution in [0.15, 0.2) is 132 Å². The molecule has 378 valence electrons. The third kappa shape index (κ3) is 10.9. The molecule has 0 nitrogen and oxygen atoms in total. The molecule has 72 heavy (non-hydrogen) atoms. The first-order valence-electron chi connectivity index (χ1n) is 28.0. The van der Waals surface area contributed by atoms with E-state index in [2.05, 4.69) is 247 Å². The van der Waals surface area contributed by atoms with Crippen molar-refractivity contribution < 1.29 is 17.4 Å². The molecule has 0 saturated carbocycles. The van der Waals surface area contributed by atoms with Crippen LogP contribution in [0.5, 0.6) is 0 Å². The van der Waals surface area contributed by atoms with Crippen LogP contribution in [0.1, 0.15) is 200 Å². The summed E-state index contributed by atoms with van der Waals surface area (Å²) < 4.78 is 6.57. The Morgan fingerprint density at radius 1 is 0.361 bits per heavy atom. The van der Waals surface area contributed by atoms with E-state index in [4.69, 9.17) is 0 Å². The molecule has 0 spiro atoms. The Balaban J connectivity index is 1.43. The van der Waals surface area contributed by atoms with Crippen LogP contribution in [-0.2, 0) is 39.1 Å². The first kappa shape index (κ1) is 54.2. The molecule has 0 bridgehead atoms. The molecular formula is C70H90SiZr. The van der Waals surface area contributed by atoms with Gasteiger partial charge in [0.05, 0.1) is 0 Å². The van der Waals surface area contributed by atoms with Crippen LogP contribution in [0.25, 0.3) is 56.7 Å². The molecule has 0 N–H and O–H groups in total. The van der Waals surface area contributed by atoms with E-state index in [1.54, 1.807) is 22.3 Å². The van der Waals surface area contributed by atoms with Crippen molar-refractivity contribution in [2.24, 2.45) is 0 Å². The minimum absolute atomic E-state index is 0.0851. The van der Waals surface area contributed by atoms with Crippen molar-refractivity contribution in [3.8, 4) is 44.5 Å². The zero-order valence-corrected chi connectivity index (χ0v) is 51.6. The molecule has 8 rings (SSSR count). The summed E-state index contributed by atoms with van der Waals surface area (Å²) in [6, 6.07) is 48.7. The molecular weight excluding hydrogens is 960 g/mol. The van der Waals surface area contributed by atoms with E-state index in [-0.39, 0.29) is 21.7 Å². The van der Waals surface area contributed by atoms with Gasteiger partial charge < -0.3 is 0 Å². The second kappa shape index (κ2) is 20.2. The van der Waals surface area contributed by atoms with Crippen LogP contribution < -0.4 is 0 Å². The number of fused-ring (bicyclic) bond motifs is 2. The van der Waals surface area contributed by atoms with Gasteiger partial charge in [0.2, 0.25) is 0 Å². The van der Waals surface area contributed by atoms with Crippen molar-refractivity contribution in [1.29, 1.82) is 0 Å². The van der Waals surface area contributed by atoms with E-state index < -0.39 is 17.4 Å². The van der Waals surface area contributed by atoms with Gasteiger partial charge in [-0.25, -0.2) is 0 Å². The molecule has 2 atom stereocenters. The van der Waals surface area contributed by atoms with Crippen LogP contribution in [0.2, 0.25) is 9.26 Å². The van der Waals surface area contributed by atoms with Crippen molar-refractivity contribution >= 4 is 19.0 Å². The zero-order valence-electron chi connectivity index (χ0n) is 47.7. The molecule has 0 saturated heterocycles. The fourth-order valence-corrected chi connectivity index (χ4v) is 32.3. The molecule has 0 heterocycles. The Morgan fingerprint density at radius 3 is 0.861 bits per heavy atom. The van der Waals surface area contributed by atoms with Crippen molar-refractivity contribution in [2.45, 2.75) is 186 Å². The van der Waals surface area contributed by atoms with Crippen molar-refractivity contribution in [1.82, 2.24) is 0 Å². The van der Waals surface area contributed by atoms with E-state index in [0.29, 0.717) is 7.25 Å². The summed E-state index contributed by atoms with van der Waals surface area (Å²) in [5.41, 5.74) is 26.5. The Hall–Kier alpha value is -4.10. The van der Waals surface area contributed by atoms with Crippen LogP contribution >= 0.6 is 0 Å². The maximum absolute atomic E-state index is 4.32. The van der Waals surface area contributed by atoms with Gasteiger partial charge in [-0.05, 0) is 0 Å². The zero-order chi connectivity index (χ0) is 52.2. The van der Waals surface area contributed by atoms with Crippen LogP contribution in [0.4, 0.5) is 0 Å². The fourth-order valence-electron chi connectivity index (χ4n) is 12.6. The van der Waals surface area contributed by atoms with E-state index in [9.17, 15) is 0 Å². The molecule has 6 aromatic carbocycles. The van der Waals surface area contributed by atoms with Gasteiger partial charge in [0, 0.05) is 0 Å². The fraction of sp³-hybridized carbons (Fsp3) is 0.429. The van der Waals surface area contributed by atoms with Crippen LogP contribution in [0, 0.1) is 0 Å². The molecule has 0 fully saturated rings. The number of allylic oxidation sites excluding steroid dienone is 2. The van der Waals surface area contributed by atoms with Crippen LogP contribution in [-0.4, -0.2) is 6.88 Å². The first-order chi connectivity index (χ1) is 33.7. The third-order valence-corrected chi connectivity index (χ3v) is 34.2. The Kier molecular flexibility index (Phi) is 15.2. The monoisotopic (exact) mass is 1050 g/mol. The van der Waals surface area contributed by atoms with Gasteiger partial charge in [0.15, 0.2) is 0 Å². The van der Waals surface area contributed by atoms with Gasteiger partial charge in [-0.15, -0.1) is 0 Å². The van der Waals surface area contributed by atoms with Gasteiger partial charge in [0.1, 0.15) is 0 Å². The Bertz CT molecular complexity index is 2840. The normalized spacial score (nSPS) is 16.4. The van der Waals surface area contributed by atoms with Gasteiger partial charge in [-0.3, -0.25) is 0 Å². The number of hydrogen-bond donors (Lipinski definition) is 0. The quantitative estimate of drug-likeness (QED) is 0.0753. The van der Waals surface area contributed by atoms with Gasteiger partial charge in [-0.2, -0.15) is 0 Å². The molecule has 6 aromatic rings. The van der Waals surface area contributed by atoms with Crippen LogP contribution in [0.3, 0.4) is 0 Å². The second-order valence-corrected chi connectivity index (χ2v) is 57.9. The Labute approximate surface area is 441 Å². The number of hydrogen-bond acceptors (Lipinski definition) is 0. The molecule has 0 radical (unpaired) electrons. The molecule has 2 unspecified atom stereocenters. The molecule has 2 aliphatic carbocycles. The average molecular weight is 1050 g/mol. The summed E-state index contributed by atoms with van der Waals surface area (Å²) in [7, 11) is 0. The summed E-state index contributed by atoms with van der Waals surface area (Å²) >= 11 is -4.32. The Morgan fingerprint density at radius 2 is 0.611 bits per heavy atom. The third-order valence-electron chi connectivity index (χ3n) is 16.8. The van der Waals surface area contributed by atoms with Crippen molar-refractivity contribution in [3.63, 3.8) is 0 Å². The average Bonchev–Trinajstić information content (AvgIpc) is 3.91. The maximum atomic E-state index is 2.91. The van der Waals surface area contributed by atoms with E-state index in [1.165, 1.54) is 116 Å².